The number of ketones is 5. The molecule has 5 aliphatic rings. The molecule has 438 valence electrons. The molecule has 0 fully saturated rings. The van der Waals surface area contributed by atoms with Crippen molar-refractivity contribution in [2.45, 2.75) is 66.7 Å². The van der Waals surface area contributed by atoms with Gasteiger partial charge in [0, 0.05) is 128 Å². The second kappa shape index (κ2) is 25.9. The molecular formula is C78H66N6O5. The Morgan fingerprint density at radius 3 is 1.19 bits per heavy atom. The highest BCUT2D eigenvalue weighted by Gasteiger charge is 2.33. The van der Waals surface area contributed by atoms with Crippen LogP contribution in [0.15, 0.2) is 219 Å². The van der Waals surface area contributed by atoms with Gasteiger partial charge in [-0.3, -0.25) is 38.9 Å². The normalized spacial score (nSPS) is 17.9. The summed E-state index contributed by atoms with van der Waals surface area (Å²) in [6.07, 6.45) is 16.6. The highest BCUT2D eigenvalue weighted by molar-refractivity contribution is 6.07. The summed E-state index contributed by atoms with van der Waals surface area (Å²) < 4.78 is 0. The molecule has 5 aliphatic carbocycles. The fourth-order valence-corrected chi connectivity index (χ4v) is 13.0. The first-order valence-corrected chi connectivity index (χ1v) is 30.5. The topological polar surface area (TPSA) is 163 Å². The Bertz CT molecular complexity index is 4070. The number of fused-ring (bicyclic) bond motifs is 6. The maximum atomic E-state index is 12.2. The Morgan fingerprint density at radius 2 is 0.708 bits per heavy atom. The zero-order valence-electron chi connectivity index (χ0n) is 50.4. The fraction of sp³-hybridized carbons (Fsp3) is 0.192. The van der Waals surface area contributed by atoms with Crippen LogP contribution in [0.25, 0.3) is 67.1 Å². The van der Waals surface area contributed by atoms with Crippen molar-refractivity contribution in [2.75, 3.05) is 0 Å². The summed E-state index contributed by atoms with van der Waals surface area (Å²) in [5.74, 6) is 2.50. The molecule has 5 atom stereocenters. The number of pyridine rings is 4. The van der Waals surface area contributed by atoms with Gasteiger partial charge in [-0.15, -0.1) is 0 Å². The molecule has 5 aromatic heterocycles. The van der Waals surface area contributed by atoms with Gasteiger partial charge < -0.3 is 0 Å². The summed E-state index contributed by atoms with van der Waals surface area (Å²) in [7, 11) is 0. The molecule has 11 nitrogen and oxygen atoms in total. The van der Waals surface area contributed by atoms with Crippen molar-refractivity contribution in [3.8, 4) is 56.2 Å². The second-order valence-electron chi connectivity index (χ2n) is 23.7. The van der Waals surface area contributed by atoms with Crippen molar-refractivity contribution < 1.29 is 24.0 Å². The van der Waals surface area contributed by atoms with Gasteiger partial charge in [-0.05, 0) is 125 Å². The van der Waals surface area contributed by atoms with Gasteiger partial charge in [-0.1, -0.05) is 162 Å². The van der Waals surface area contributed by atoms with Gasteiger partial charge in [0.25, 0.3) is 0 Å². The summed E-state index contributed by atoms with van der Waals surface area (Å²) >= 11 is 0. The van der Waals surface area contributed by atoms with E-state index in [9.17, 15) is 24.0 Å². The van der Waals surface area contributed by atoms with E-state index in [1.54, 1.807) is 43.2 Å². The molecule has 0 bridgehead atoms. The third-order valence-corrected chi connectivity index (χ3v) is 17.6. The lowest BCUT2D eigenvalue weighted by Crippen LogP contribution is -2.02. The summed E-state index contributed by atoms with van der Waals surface area (Å²) in [4.78, 5) is 85.8. The lowest BCUT2D eigenvalue weighted by Gasteiger charge is -2.08. The number of aromatic nitrogens is 6. The van der Waals surface area contributed by atoms with Crippen LogP contribution in [0.4, 0.5) is 0 Å². The summed E-state index contributed by atoms with van der Waals surface area (Å²) in [5, 5.41) is 1.14. The minimum atomic E-state index is 0.0786. The molecule has 0 radical (unpaired) electrons. The van der Waals surface area contributed by atoms with E-state index in [1.807, 2.05) is 180 Å². The lowest BCUT2D eigenvalue weighted by atomic mass is 9.97. The first-order chi connectivity index (χ1) is 43.3. The van der Waals surface area contributed by atoms with E-state index in [2.05, 4.69) is 55.3 Å². The monoisotopic (exact) mass is 1170 g/mol. The van der Waals surface area contributed by atoms with Crippen molar-refractivity contribution in [2.24, 2.45) is 29.6 Å². The molecule has 5 unspecified atom stereocenters. The predicted molar refractivity (Wildman–Crippen MR) is 350 cm³/mol. The first kappa shape index (κ1) is 59.0. The number of carbonyl (C=O) groups is 5. The maximum absolute atomic E-state index is 12.2. The molecule has 0 saturated heterocycles. The summed E-state index contributed by atoms with van der Waals surface area (Å²) in [6.45, 7) is 9.95. The SMILES string of the molecule is CC1Cc2c(cccc2-c2ccc3ccccc3n2)C1=O.CC1Cc2c(cccc2-c2ccccn2)C1=O.CC1Cc2c(cccc2-c2cccnc2)C1=O.CC1Cc2c(cccc2-c2ccncc2)C1=O.CC1Cc2c(cccc2-c2ncccn2)C1=O. The Kier molecular flexibility index (Phi) is 17.2. The minimum Gasteiger partial charge on any atom is -0.294 e. The maximum Gasteiger partial charge on any atom is 0.166 e. The quantitative estimate of drug-likeness (QED) is 0.161. The zero-order chi connectivity index (χ0) is 61.7. The predicted octanol–water partition coefficient (Wildman–Crippen LogP) is 16.2. The van der Waals surface area contributed by atoms with E-state index in [4.69, 9.17) is 4.98 Å². The van der Waals surface area contributed by atoms with E-state index in [-0.39, 0.29) is 58.5 Å². The van der Waals surface area contributed by atoms with Crippen LogP contribution in [0.3, 0.4) is 0 Å². The molecule has 0 saturated carbocycles. The minimum absolute atomic E-state index is 0.0786. The number of para-hydroxylation sites is 1. The second-order valence-corrected chi connectivity index (χ2v) is 23.7. The number of hydrogen-bond acceptors (Lipinski definition) is 11. The van der Waals surface area contributed by atoms with Crippen molar-refractivity contribution >= 4 is 39.8 Å². The fourth-order valence-electron chi connectivity index (χ4n) is 13.0. The number of benzene rings is 6. The molecule has 5 heterocycles. The molecular weight excluding hydrogens is 1100 g/mol. The van der Waals surface area contributed by atoms with Gasteiger partial charge in [0.2, 0.25) is 0 Å². The van der Waals surface area contributed by atoms with Gasteiger partial charge in [-0.25, -0.2) is 15.0 Å². The largest absolute Gasteiger partial charge is 0.294 e. The average molecular weight is 1170 g/mol. The molecule has 11 heteroatoms. The van der Waals surface area contributed by atoms with Crippen LogP contribution in [-0.2, 0) is 32.1 Å². The number of hydrogen-bond donors (Lipinski definition) is 0. The highest BCUT2D eigenvalue weighted by Crippen LogP contribution is 2.39. The average Bonchev–Trinajstić information content (AvgIpc) is 1.94. The molecule has 0 aliphatic heterocycles. The van der Waals surface area contributed by atoms with E-state index in [1.165, 1.54) is 16.7 Å². The van der Waals surface area contributed by atoms with E-state index < -0.39 is 0 Å². The number of carbonyl (C=O) groups excluding carboxylic acids is 5. The van der Waals surface area contributed by atoms with Gasteiger partial charge in [0.15, 0.2) is 34.7 Å². The van der Waals surface area contributed by atoms with Crippen LogP contribution in [0.2, 0.25) is 0 Å². The molecule has 0 amide bonds. The number of rotatable bonds is 5. The Hall–Kier alpha value is -10.4. The molecule has 0 N–H and O–H groups in total. The smallest absolute Gasteiger partial charge is 0.166 e. The van der Waals surface area contributed by atoms with Crippen molar-refractivity contribution in [1.29, 1.82) is 0 Å². The van der Waals surface area contributed by atoms with Gasteiger partial charge in [-0.2, -0.15) is 0 Å². The van der Waals surface area contributed by atoms with Gasteiger partial charge >= 0.3 is 0 Å². The van der Waals surface area contributed by atoms with Crippen LogP contribution in [0.5, 0.6) is 0 Å². The molecule has 11 aromatic rings. The van der Waals surface area contributed by atoms with Gasteiger partial charge in [0.05, 0.1) is 16.9 Å². The number of nitrogens with zero attached hydrogens (tertiary/aromatic N) is 6. The first-order valence-electron chi connectivity index (χ1n) is 30.5. The lowest BCUT2D eigenvalue weighted by molar-refractivity contribution is 0.0939. The molecule has 0 spiro atoms. The third kappa shape index (κ3) is 12.1. The molecule has 16 rings (SSSR count). The van der Waals surface area contributed by atoms with Crippen LogP contribution in [0, 0.1) is 29.6 Å². The highest BCUT2D eigenvalue weighted by atomic mass is 16.1. The van der Waals surface area contributed by atoms with Crippen molar-refractivity contribution in [3.63, 3.8) is 0 Å². The van der Waals surface area contributed by atoms with Crippen molar-refractivity contribution in [3.05, 3.63) is 275 Å². The van der Waals surface area contributed by atoms with E-state index >= 15 is 0 Å². The van der Waals surface area contributed by atoms with Crippen LogP contribution < -0.4 is 0 Å². The summed E-state index contributed by atoms with van der Waals surface area (Å²) in [6, 6.07) is 57.5. The Morgan fingerprint density at radius 1 is 0.292 bits per heavy atom. The van der Waals surface area contributed by atoms with Crippen LogP contribution >= 0.6 is 0 Å². The van der Waals surface area contributed by atoms with E-state index in [0.29, 0.717) is 5.82 Å². The zero-order valence-corrected chi connectivity index (χ0v) is 50.4. The number of Topliss-reactive ketones (excluding diaryl/α,β-unsaturated/α-hetero) is 5. The Balaban J connectivity index is 0.000000108. The summed E-state index contributed by atoms with van der Waals surface area (Å²) in [5.41, 5.74) is 20.7. The standard InChI is InChI=1S/C19H15NO.3C15H13NO.C14H12N2O/c1-12-11-16-14(6-4-7-15(16)19(12)21)18-10-9-13-5-2-3-8-17(13)20-18;1-10-8-14-12(11-4-3-7-16-9-11)5-2-6-13(14)15(10)17;1-10-9-13-11(14-7-2-3-8-16-14)5-4-6-12(13)15(10)17;1-10-9-14-12(11-5-7-16-8-6-11)3-2-4-13(14)15(10)17;1-9-8-12-10(13(9)17)4-2-5-11(12)14-15-6-3-7-16-14/h2-10,12H,11H2,1H3;2-7,9-10H,8H2,1H3;2*2-8,10H,9H2,1H3;2-7,9H,8H2,1H3. The van der Waals surface area contributed by atoms with Crippen LogP contribution in [-0.4, -0.2) is 58.8 Å². The Labute approximate surface area is 518 Å². The molecule has 89 heavy (non-hydrogen) atoms. The van der Waals surface area contributed by atoms with Crippen LogP contribution in [0.1, 0.15) is 114 Å². The van der Waals surface area contributed by atoms with Crippen molar-refractivity contribution in [1.82, 2.24) is 29.9 Å². The molecule has 6 aromatic carbocycles. The van der Waals surface area contributed by atoms with Gasteiger partial charge in [0.1, 0.15) is 0 Å². The third-order valence-electron chi connectivity index (χ3n) is 17.6. The van der Waals surface area contributed by atoms with E-state index in [0.717, 1.165) is 132 Å².